The van der Waals surface area contributed by atoms with Gasteiger partial charge in [0.25, 0.3) is 0 Å². The number of rotatable bonds is 6. The Bertz CT molecular complexity index is 833. The van der Waals surface area contributed by atoms with Crippen LogP contribution < -0.4 is 10.6 Å². The van der Waals surface area contributed by atoms with Crippen LogP contribution in [0, 0.1) is 13.8 Å². The topological polar surface area (TPSA) is 54.0 Å². The van der Waals surface area contributed by atoms with Gasteiger partial charge in [-0.1, -0.05) is 12.1 Å². The molecule has 0 radical (unpaired) electrons. The molecule has 2 N–H and O–H groups in total. The number of aryl methyl sites for hydroxylation is 2. The SMILES string of the molecule is C/C(=C\c1cc(C)c(-c2ccc(NC(C)C)nc2)cc1C)C(=O)NC(C)C. The fraction of sp³-hybridized carbons (Fsp3) is 0.391. The monoisotopic (exact) mass is 365 g/mol. The minimum atomic E-state index is -0.0245. The van der Waals surface area contributed by atoms with Crippen LogP contribution >= 0.6 is 0 Å². The van der Waals surface area contributed by atoms with E-state index >= 15 is 0 Å². The second-order valence-corrected chi connectivity index (χ2v) is 7.71. The summed E-state index contributed by atoms with van der Waals surface area (Å²) in [6, 6.07) is 8.90. The molecule has 27 heavy (non-hydrogen) atoms. The first-order chi connectivity index (χ1) is 12.7. The summed E-state index contributed by atoms with van der Waals surface area (Å²) in [6.07, 6.45) is 3.86. The molecule has 1 heterocycles. The molecule has 0 bridgehead atoms. The number of amides is 1. The molecule has 4 heteroatoms. The zero-order valence-electron chi connectivity index (χ0n) is 17.5. The van der Waals surface area contributed by atoms with Crippen molar-refractivity contribution in [2.24, 2.45) is 0 Å². The number of nitrogens with one attached hydrogen (secondary N) is 2. The Morgan fingerprint density at radius 3 is 2.30 bits per heavy atom. The van der Waals surface area contributed by atoms with Crippen LogP contribution in [-0.4, -0.2) is 23.0 Å². The molecule has 0 atom stereocenters. The van der Waals surface area contributed by atoms with Crippen molar-refractivity contribution in [3.63, 3.8) is 0 Å². The van der Waals surface area contributed by atoms with Crippen molar-refractivity contribution in [1.29, 1.82) is 0 Å². The molecule has 144 valence electrons. The zero-order valence-corrected chi connectivity index (χ0v) is 17.5. The maximum Gasteiger partial charge on any atom is 0.247 e. The van der Waals surface area contributed by atoms with Crippen LogP contribution in [-0.2, 0) is 4.79 Å². The van der Waals surface area contributed by atoms with Crippen molar-refractivity contribution in [2.45, 2.75) is 60.5 Å². The van der Waals surface area contributed by atoms with Crippen LogP contribution in [0.3, 0.4) is 0 Å². The molecule has 2 aromatic rings. The highest BCUT2D eigenvalue weighted by atomic mass is 16.1. The van der Waals surface area contributed by atoms with Gasteiger partial charge in [0, 0.05) is 29.4 Å². The molecule has 0 fully saturated rings. The van der Waals surface area contributed by atoms with E-state index in [2.05, 4.69) is 61.5 Å². The van der Waals surface area contributed by atoms with E-state index in [1.165, 1.54) is 0 Å². The lowest BCUT2D eigenvalue weighted by atomic mass is 9.95. The highest BCUT2D eigenvalue weighted by Crippen LogP contribution is 2.28. The number of aromatic nitrogens is 1. The average molecular weight is 366 g/mol. The Labute approximate surface area is 163 Å². The lowest BCUT2D eigenvalue weighted by Gasteiger charge is -2.13. The molecule has 1 amide bonds. The predicted octanol–water partition coefficient (Wildman–Crippen LogP) is 5.11. The summed E-state index contributed by atoms with van der Waals surface area (Å²) in [6.45, 7) is 14.1. The molecule has 2 rings (SSSR count). The van der Waals surface area contributed by atoms with E-state index in [0.717, 1.165) is 33.6 Å². The number of benzene rings is 1. The molecular formula is C23H31N3O. The quantitative estimate of drug-likeness (QED) is 0.699. The van der Waals surface area contributed by atoms with Gasteiger partial charge in [-0.3, -0.25) is 4.79 Å². The molecule has 0 aliphatic carbocycles. The van der Waals surface area contributed by atoms with Crippen LogP contribution in [0.5, 0.6) is 0 Å². The standard InChI is InChI=1S/C23H31N3O/c1-14(2)25-22-9-8-19(13-24-22)21-12-16(5)20(10-17(21)6)11-18(7)23(27)26-15(3)4/h8-15H,1-7H3,(H,24,25)(H,26,27)/b18-11+. The summed E-state index contributed by atoms with van der Waals surface area (Å²) in [5.74, 6) is 0.859. The van der Waals surface area contributed by atoms with Gasteiger partial charge in [0.15, 0.2) is 0 Å². The fourth-order valence-electron chi connectivity index (χ4n) is 2.91. The van der Waals surface area contributed by atoms with Gasteiger partial charge in [0.1, 0.15) is 5.82 Å². The Morgan fingerprint density at radius 1 is 1.04 bits per heavy atom. The number of pyridine rings is 1. The van der Waals surface area contributed by atoms with E-state index in [4.69, 9.17) is 0 Å². The maximum absolute atomic E-state index is 12.2. The molecule has 4 nitrogen and oxygen atoms in total. The Hall–Kier alpha value is -2.62. The van der Waals surface area contributed by atoms with Gasteiger partial charge in [-0.2, -0.15) is 0 Å². The number of hydrogen-bond acceptors (Lipinski definition) is 3. The van der Waals surface area contributed by atoms with Crippen LogP contribution in [0.25, 0.3) is 17.2 Å². The maximum atomic E-state index is 12.2. The van der Waals surface area contributed by atoms with E-state index in [1.54, 1.807) is 0 Å². The van der Waals surface area contributed by atoms with Crippen molar-refractivity contribution in [1.82, 2.24) is 10.3 Å². The van der Waals surface area contributed by atoms with Crippen LogP contribution in [0.1, 0.15) is 51.3 Å². The molecule has 0 saturated heterocycles. The molecule has 0 unspecified atom stereocenters. The first-order valence-electron chi connectivity index (χ1n) is 9.50. The Balaban J connectivity index is 2.30. The van der Waals surface area contributed by atoms with Crippen LogP contribution in [0.4, 0.5) is 5.82 Å². The molecule has 0 aliphatic rings. The van der Waals surface area contributed by atoms with Gasteiger partial charge in [0.2, 0.25) is 5.91 Å². The minimum absolute atomic E-state index is 0.0245. The van der Waals surface area contributed by atoms with E-state index < -0.39 is 0 Å². The number of nitrogens with zero attached hydrogens (tertiary/aromatic N) is 1. The summed E-state index contributed by atoms with van der Waals surface area (Å²) in [5.41, 5.74) is 6.34. The van der Waals surface area contributed by atoms with Gasteiger partial charge in [-0.05, 0) is 88.9 Å². The van der Waals surface area contributed by atoms with Crippen LogP contribution in [0.2, 0.25) is 0 Å². The Morgan fingerprint density at radius 2 is 1.74 bits per heavy atom. The van der Waals surface area contributed by atoms with Crippen molar-refractivity contribution >= 4 is 17.8 Å². The summed E-state index contributed by atoms with van der Waals surface area (Å²) in [4.78, 5) is 16.7. The third kappa shape index (κ3) is 5.68. The van der Waals surface area contributed by atoms with Gasteiger partial charge in [-0.25, -0.2) is 4.98 Å². The van der Waals surface area contributed by atoms with E-state index in [9.17, 15) is 4.79 Å². The van der Waals surface area contributed by atoms with Crippen molar-refractivity contribution in [3.05, 3.63) is 52.7 Å². The first kappa shape index (κ1) is 20.7. The number of carbonyl (C=O) groups excluding carboxylic acids is 1. The second kappa shape index (κ2) is 8.85. The van der Waals surface area contributed by atoms with Gasteiger partial charge < -0.3 is 10.6 Å². The number of carbonyl (C=O) groups is 1. The van der Waals surface area contributed by atoms with Gasteiger partial charge in [-0.15, -0.1) is 0 Å². The normalized spacial score (nSPS) is 11.8. The van der Waals surface area contributed by atoms with Crippen molar-refractivity contribution < 1.29 is 4.79 Å². The molecule has 0 saturated carbocycles. The summed E-state index contributed by atoms with van der Waals surface area (Å²) in [7, 11) is 0. The zero-order chi connectivity index (χ0) is 20.1. The summed E-state index contributed by atoms with van der Waals surface area (Å²) < 4.78 is 0. The predicted molar refractivity (Wildman–Crippen MR) is 115 cm³/mol. The smallest absolute Gasteiger partial charge is 0.247 e. The largest absolute Gasteiger partial charge is 0.368 e. The molecule has 1 aromatic carbocycles. The number of hydrogen-bond donors (Lipinski definition) is 2. The van der Waals surface area contributed by atoms with Gasteiger partial charge in [0.05, 0.1) is 0 Å². The highest BCUT2D eigenvalue weighted by Gasteiger charge is 2.10. The van der Waals surface area contributed by atoms with Crippen LogP contribution in [0.15, 0.2) is 36.0 Å². The van der Waals surface area contributed by atoms with Gasteiger partial charge >= 0.3 is 0 Å². The first-order valence-corrected chi connectivity index (χ1v) is 9.50. The van der Waals surface area contributed by atoms with E-state index in [0.29, 0.717) is 11.6 Å². The minimum Gasteiger partial charge on any atom is -0.368 e. The number of anilines is 1. The lowest BCUT2D eigenvalue weighted by Crippen LogP contribution is -2.30. The third-order valence-corrected chi connectivity index (χ3v) is 4.27. The summed E-state index contributed by atoms with van der Waals surface area (Å²) in [5, 5.41) is 6.24. The molecule has 1 aromatic heterocycles. The van der Waals surface area contributed by atoms with E-state index in [-0.39, 0.29) is 11.9 Å². The molecule has 0 aliphatic heterocycles. The van der Waals surface area contributed by atoms with Crippen molar-refractivity contribution in [3.8, 4) is 11.1 Å². The highest BCUT2D eigenvalue weighted by molar-refractivity contribution is 5.97. The van der Waals surface area contributed by atoms with Crippen molar-refractivity contribution in [2.75, 3.05) is 5.32 Å². The second-order valence-electron chi connectivity index (χ2n) is 7.71. The summed E-state index contributed by atoms with van der Waals surface area (Å²) >= 11 is 0. The third-order valence-electron chi connectivity index (χ3n) is 4.27. The molecule has 0 spiro atoms. The fourth-order valence-corrected chi connectivity index (χ4v) is 2.91. The Kier molecular flexibility index (Phi) is 6.78. The average Bonchev–Trinajstić information content (AvgIpc) is 2.57. The lowest BCUT2D eigenvalue weighted by molar-refractivity contribution is -0.117. The van der Waals surface area contributed by atoms with E-state index in [1.807, 2.05) is 39.1 Å². The molecular weight excluding hydrogens is 334 g/mol.